The van der Waals surface area contributed by atoms with Crippen LogP contribution < -0.4 is 4.90 Å². The fourth-order valence-electron chi connectivity index (χ4n) is 3.12. The first-order valence-corrected chi connectivity index (χ1v) is 10.2. The Morgan fingerprint density at radius 1 is 1.10 bits per heavy atom. The number of carbonyl (C=O) groups excluding carboxylic acids is 2. The van der Waals surface area contributed by atoms with Crippen LogP contribution in [0.1, 0.15) is 29.3 Å². The van der Waals surface area contributed by atoms with Crippen molar-refractivity contribution in [3.05, 3.63) is 82.9 Å². The summed E-state index contributed by atoms with van der Waals surface area (Å²) in [6.45, 7) is 1.90. The molecule has 31 heavy (non-hydrogen) atoms. The van der Waals surface area contributed by atoms with E-state index in [1.807, 2.05) is 6.07 Å². The highest BCUT2D eigenvalue weighted by molar-refractivity contribution is 6.30. The average molecular weight is 441 g/mol. The van der Waals surface area contributed by atoms with Crippen molar-refractivity contribution in [2.75, 3.05) is 18.6 Å². The molecule has 1 heterocycles. The Kier molecular flexibility index (Phi) is 7.36. The van der Waals surface area contributed by atoms with Crippen LogP contribution >= 0.6 is 11.6 Å². The molecule has 0 aliphatic rings. The van der Waals surface area contributed by atoms with Gasteiger partial charge in [-0.3, -0.25) is 9.69 Å². The summed E-state index contributed by atoms with van der Waals surface area (Å²) in [6, 6.07) is 15.2. The zero-order valence-corrected chi connectivity index (χ0v) is 18.0. The van der Waals surface area contributed by atoms with Crippen molar-refractivity contribution in [2.24, 2.45) is 0 Å². The number of hydrogen-bond acceptors (Lipinski definition) is 4. The molecule has 5 nitrogen and oxygen atoms in total. The lowest BCUT2D eigenvalue weighted by molar-refractivity contribution is 0.0982. The normalized spacial score (nSPS) is 10.6. The van der Waals surface area contributed by atoms with Crippen LogP contribution in [0.2, 0.25) is 5.15 Å². The van der Waals surface area contributed by atoms with Crippen LogP contribution in [0.3, 0.4) is 0 Å². The third-order valence-electron chi connectivity index (χ3n) is 4.85. The van der Waals surface area contributed by atoms with E-state index < -0.39 is 11.9 Å². The Labute approximate surface area is 185 Å². The van der Waals surface area contributed by atoms with Gasteiger partial charge < -0.3 is 4.74 Å². The van der Waals surface area contributed by atoms with E-state index in [0.29, 0.717) is 29.1 Å². The Bertz CT molecular complexity index is 1090. The number of rotatable bonds is 7. The second-order valence-electron chi connectivity index (χ2n) is 6.88. The number of ketones is 1. The van der Waals surface area contributed by atoms with Gasteiger partial charge in [-0.1, -0.05) is 48.0 Å². The number of hydrogen-bond donors (Lipinski definition) is 0. The van der Waals surface area contributed by atoms with Crippen molar-refractivity contribution < 1.29 is 18.7 Å². The molecular formula is C24H22ClFN2O3. The lowest BCUT2D eigenvalue weighted by Crippen LogP contribution is -2.27. The molecule has 3 aromatic rings. The third-order valence-corrected chi connectivity index (χ3v) is 5.19. The van der Waals surface area contributed by atoms with Crippen LogP contribution in [-0.4, -0.2) is 30.5 Å². The molecule has 0 fully saturated rings. The Morgan fingerprint density at radius 2 is 1.81 bits per heavy atom. The topological polar surface area (TPSA) is 59.5 Å². The van der Waals surface area contributed by atoms with Gasteiger partial charge >= 0.3 is 6.09 Å². The molecule has 2 aromatic carbocycles. The summed E-state index contributed by atoms with van der Waals surface area (Å²) in [4.78, 5) is 29.4. The Hall–Kier alpha value is -3.25. The molecule has 1 amide bonds. The average Bonchev–Trinajstić information content (AvgIpc) is 2.78. The van der Waals surface area contributed by atoms with Crippen LogP contribution in [0.25, 0.3) is 11.1 Å². The molecule has 160 valence electrons. The van der Waals surface area contributed by atoms with Gasteiger partial charge in [0.25, 0.3) is 0 Å². The number of carbonyl (C=O) groups is 2. The lowest BCUT2D eigenvalue weighted by atomic mass is 9.99. The number of nitrogens with zero attached hydrogens (tertiary/aromatic N) is 2. The lowest BCUT2D eigenvalue weighted by Gasteiger charge is -2.17. The van der Waals surface area contributed by atoms with Gasteiger partial charge in [-0.15, -0.1) is 0 Å². The molecule has 1 aromatic heterocycles. The number of ether oxygens (including phenoxy) is 1. The maximum absolute atomic E-state index is 14.6. The van der Waals surface area contributed by atoms with Crippen LogP contribution in [0, 0.1) is 5.82 Å². The first-order valence-electron chi connectivity index (χ1n) is 9.83. The van der Waals surface area contributed by atoms with Crippen molar-refractivity contribution in [3.8, 4) is 11.1 Å². The molecule has 0 spiro atoms. The van der Waals surface area contributed by atoms with E-state index in [0.717, 1.165) is 16.0 Å². The zero-order chi connectivity index (χ0) is 22.4. The number of aryl methyl sites for hydroxylation is 1. The highest BCUT2D eigenvalue weighted by Crippen LogP contribution is 2.27. The van der Waals surface area contributed by atoms with E-state index in [1.54, 1.807) is 49.5 Å². The number of anilines is 1. The van der Waals surface area contributed by atoms with Crippen molar-refractivity contribution >= 4 is 29.2 Å². The second kappa shape index (κ2) is 10.2. The summed E-state index contributed by atoms with van der Waals surface area (Å²) in [7, 11) is 1.45. The molecule has 0 saturated heterocycles. The molecule has 0 aliphatic heterocycles. The molecule has 0 atom stereocenters. The number of benzene rings is 2. The molecule has 3 rings (SSSR count). The zero-order valence-electron chi connectivity index (χ0n) is 17.3. The largest absolute Gasteiger partial charge is 0.449 e. The molecule has 0 radical (unpaired) electrons. The Morgan fingerprint density at radius 3 is 2.45 bits per heavy atom. The standard InChI is InChI=1S/C24H22ClFN2O3/c1-3-31-24(30)28(2)21-12-10-19(15-20(21)26)16-6-8-17(9-7-16)22(29)13-11-18-5-4-14-27-23(18)25/h4-10,12,14-15H,3,11,13H2,1-2H3. The van der Waals surface area contributed by atoms with Crippen molar-refractivity contribution in [2.45, 2.75) is 19.8 Å². The maximum Gasteiger partial charge on any atom is 0.414 e. The first-order chi connectivity index (χ1) is 14.9. The molecule has 0 aliphatic carbocycles. The van der Waals surface area contributed by atoms with Crippen molar-refractivity contribution in [1.82, 2.24) is 4.98 Å². The van der Waals surface area contributed by atoms with Gasteiger partial charge in [-0.25, -0.2) is 14.2 Å². The van der Waals surface area contributed by atoms with Gasteiger partial charge in [0, 0.05) is 25.2 Å². The summed E-state index contributed by atoms with van der Waals surface area (Å²) in [5.74, 6) is -0.550. The fourth-order valence-corrected chi connectivity index (χ4v) is 3.34. The van der Waals surface area contributed by atoms with Gasteiger partial charge in [0.05, 0.1) is 12.3 Å². The number of pyridine rings is 1. The second-order valence-corrected chi connectivity index (χ2v) is 7.24. The minimum absolute atomic E-state index is 0.0101. The van der Waals surface area contributed by atoms with E-state index in [4.69, 9.17) is 16.3 Å². The number of aromatic nitrogens is 1. The van der Waals surface area contributed by atoms with E-state index in [-0.39, 0.29) is 18.1 Å². The molecule has 0 unspecified atom stereocenters. The molecule has 0 saturated carbocycles. The SMILES string of the molecule is CCOC(=O)N(C)c1ccc(-c2ccc(C(=O)CCc3cccnc3Cl)cc2)cc1F. The van der Waals surface area contributed by atoms with Gasteiger partial charge in [-0.05, 0) is 48.2 Å². The highest BCUT2D eigenvalue weighted by Gasteiger charge is 2.16. The summed E-state index contributed by atoms with van der Waals surface area (Å²) in [6.07, 6.45) is 1.81. The molecule has 7 heteroatoms. The molecule has 0 N–H and O–H groups in total. The van der Waals surface area contributed by atoms with Crippen LogP contribution in [0.4, 0.5) is 14.9 Å². The van der Waals surface area contributed by atoms with Crippen molar-refractivity contribution in [3.63, 3.8) is 0 Å². The summed E-state index contributed by atoms with van der Waals surface area (Å²) in [5, 5.41) is 0.407. The molecule has 0 bridgehead atoms. The minimum atomic E-state index is -0.621. The fraction of sp³-hybridized carbons (Fsp3) is 0.208. The van der Waals surface area contributed by atoms with Crippen LogP contribution in [0.15, 0.2) is 60.8 Å². The predicted molar refractivity (Wildman–Crippen MR) is 119 cm³/mol. The maximum atomic E-state index is 14.6. The van der Waals surface area contributed by atoms with E-state index in [9.17, 15) is 14.0 Å². The van der Waals surface area contributed by atoms with Crippen molar-refractivity contribution in [1.29, 1.82) is 0 Å². The minimum Gasteiger partial charge on any atom is -0.449 e. The van der Waals surface area contributed by atoms with E-state index in [1.165, 1.54) is 19.2 Å². The monoisotopic (exact) mass is 440 g/mol. The summed E-state index contributed by atoms with van der Waals surface area (Å²) in [5.41, 5.74) is 2.93. The van der Waals surface area contributed by atoms with Gasteiger partial charge in [0.1, 0.15) is 11.0 Å². The third kappa shape index (κ3) is 5.47. The van der Waals surface area contributed by atoms with Gasteiger partial charge in [0.15, 0.2) is 5.78 Å². The summed E-state index contributed by atoms with van der Waals surface area (Å²) < 4.78 is 19.5. The van der Waals surface area contributed by atoms with E-state index in [2.05, 4.69) is 4.98 Å². The number of Topliss-reactive ketones (excluding diaryl/α,β-unsaturated/α-hetero) is 1. The van der Waals surface area contributed by atoms with Gasteiger partial charge in [0.2, 0.25) is 0 Å². The van der Waals surface area contributed by atoms with E-state index >= 15 is 0 Å². The van der Waals surface area contributed by atoms with Crippen LogP contribution in [-0.2, 0) is 11.2 Å². The summed E-state index contributed by atoms with van der Waals surface area (Å²) >= 11 is 6.04. The van der Waals surface area contributed by atoms with Gasteiger partial charge in [-0.2, -0.15) is 0 Å². The number of halogens is 2. The number of amides is 1. The Balaban J connectivity index is 1.69. The highest BCUT2D eigenvalue weighted by atomic mass is 35.5. The molecular weight excluding hydrogens is 419 g/mol. The predicted octanol–water partition coefficient (Wildman–Crippen LogP) is 5.95. The smallest absolute Gasteiger partial charge is 0.414 e. The first kappa shape index (κ1) is 22.4. The van der Waals surface area contributed by atoms with Crippen LogP contribution in [0.5, 0.6) is 0 Å². The quantitative estimate of drug-likeness (QED) is 0.336.